The van der Waals surface area contributed by atoms with Crippen LogP contribution in [0, 0.1) is 6.92 Å². The molecule has 0 spiro atoms. The third-order valence-electron chi connectivity index (χ3n) is 4.80. The number of aryl methyl sites for hydroxylation is 1. The van der Waals surface area contributed by atoms with Crippen LogP contribution in [-0.2, 0) is 16.1 Å². The average molecular weight is 361 g/mol. The zero-order chi connectivity index (χ0) is 19.3. The number of nitrogens with zero attached hydrogens (tertiary/aromatic N) is 2. The molecule has 2 N–H and O–H groups in total. The van der Waals surface area contributed by atoms with Crippen LogP contribution >= 0.6 is 0 Å². The molecule has 1 aromatic rings. The summed E-state index contributed by atoms with van der Waals surface area (Å²) in [6, 6.07) is 7.79. The highest BCUT2D eigenvalue weighted by molar-refractivity contribution is 5.88. The minimum absolute atomic E-state index is 0.0785. The summed E-state index contributed by atoms with van der Waals surface area (Å²) in [6.45, 7) is 7.94. The second-order valence-electron chi connectivity index (χ2n) is 7.84. The normalized spacial score (nSPS) is 18.5. The van der Waals surface area contributed by atoms with Crippen LogP contribution in [0.15, 0.2) is 24.3 Å². The fourth-order valence-electron chi connectivity index (χ4n) is 2.99. The van der Waals surface area contributed by atoms with Gasteiger partial charge in [0, 0.05) is 33.2 Å². The Hall–Kier alpha value is -1.92. The topological polar surface area (TPSA) is 72.9 Å². The van der Waals surface area contributed by atoms with Gasteiger partial charge in [-0.25, -0.2) is 0 Å². The highest BCUT2D eigenvalue weighted by Crippen LogP contribution is 2.16. The minimum atomic E-state index is -0.811. The molecule has 1 unspecified atom stereocenters. The van der Waals surface area contributed by atoms with Crippen molar-refractivity contribution in [3.05, 3.63) is 35.4 Å². The van der Waals surface area contributed by atoms with E-state index in [1.54, 1.807) is 25.8 Å². The Morgan fingerprint density at radius 3 is 2.62 bits per heavy atom. The summed E-state index contributed by atoms with van der Waals surface area (Å²) in [5, 5.41) is 12.7. The summed E-state index contributed by atoms with van der Waals surface area (Å²) < 4.78 is 0. The SMILES string of the molecule is Cc1ccc(CN2CCNC(=O)C2CC(=O)N(C)CCC(C)(C)O)cc1. The summed E-state index contributed by atoms with van der Waals surface area (Å²) in [5.74, 6) is -0.169. The van der Waals surface area contributed by atoms with Crippen molar-refractivity contribution < 1.29 is 14.7 Å². The molecule has 1 fully saturated rings. The molecule has 1 aliphatic heterocycles. The molecule has 1 saturated heterocycles. The van der Waals surface area contributed by atoms with Crippen LogP contribution in [0.25, 0.3) is 0 Å². The molecule has 2 amide bonds. The van der Waals surface area contributed by atoms with Gasteiger partial charge in [0.05, 0.1) is 18.1 Å². The molecule has 1 atom stereocenters. The van der Waals surface area contributed by atoms with Crippen LogP contribution in [0.1, 0.15) is 37.8 Å². The summed E-state index contributed by atoms with van der Waals surface area (Å²) in [6.07, 6.45) is 0.652. The molecule has 1 heterocycles. The Morgan fingerprint density at radius 2 is 2.00 bits per heavy atom. The maximum Gasteiger partial charge on any atom is 0.237 e. The van der Waals surface area contributed by atoms with E-state index in [9.17, 15) is 14.7 Å². The van der Waals surface area contributed by atoms with Gasteiger partial charge < -0.3 is 15.3 Å². The molecule has 0 aliphatic carbocycles. The number of amides is 2. The Balaban J connectivity index is 1.99. The van der Waals surface area contributed by atoms with Gasteiger partial charge in [-0.05, 0) is 32.8 Å². The number of carbonyl (C=O) groups is 2. The number of aliphatic hydroxyl groups is 1. The van der Waals surface area contributed by atoms with Crippen LogP contribution in [0.3, 0.4) is 0 Å². The quantitative estimate of drug-likeness (QED) is 0.768. The molecule has 6 nitrogen and oxygen atoms in total. The zero-order valence-electron chi connectivity index (χ0n) is 16.3. The fourth-order valence-corrected chi connectivity index (χ4v) is 2.99. The molecule has 1 aliphatic rings. The van der Waals surface area contributed by atoms with Crippen molar-refractivity contribution >= 4 is 11.8 Å². The van der Waals surface area contributed by atoms with E-state index >= 15 is 0 Å². The van der Waals surface area contributed by atoms with E-state index < -0.39 is 11.6 Å². The highest BCUT2D eigenvalue weighted by atomic mass is 16.3. The minimum Gasteiger partial charge on any atom is -0.390 e. The van der Waals surface area contributed by atoms with Crippen molar-refractivity contribution in [3.8, 4) is 0 Å². The van der Waals surface area contributed by atoms with E-state index in [-0.39, 0.29) is 18.2 Å². The molecule has 0 saturated carbocycles. The van der Waals surface area contributed by atoms with E-state index in [4.69, 9.17) is 0 Å². The molecule has 0 radical (unpaired) electrons. The van der Waals surface area contributed by atoms with Crippen LogP contribution in [0.2, 0.25) is 0 Å². The van der Waals surface area contributed by atoms with Crippen molar-refractivity contribution in [2.75, 3.05) is 26.7 Å². The highest BCUT2D eigenvalue weighted by Gasteiger charge is 2.32. The number of hydrogen-bond acceptors (Lipinski definition) is 4. The zero-order valence-corrected chi connectivity index (χ0v) is 16.3. The lowest BCUT2D eigenvalue weighted by Gasteiger charge is -2.35. The first-order valence-corrected chi connectivity index (χ1v) is 9.19. The van der Waals surface area contributed by atoms with Crippen LogP contribution in [0.5, 0.6) is 0 Å². The van der Waals surface area contributed by atoms with Gasteiger partial charge in [0.1, 0.15) is 0 Å². The summed E-state index contributed by atoms with van der Waals surface area (Å²) in [4.78, 5) is 28.6. The molecule has 1 aromatic carbocycles. The third-order valence-corrected chi connectivity index (χ3v) is 4.80. The first-order valence-electron chi connectivity index (χ1n) is 9.19. The summed E-state index contributed by atoms with van der Waals surface area (Å²) in [5.41, 5.74) is 1.53. The van der Waals surface area contributed by atoms with E-state index in [1.807, 2.05) is 6.92 Å². The van der Waals surface area contributed by atoms with Gasteiger partial charge in [-0.2, -0.15) is 0 Å². The van der Waals surface area contributed by atoms with Gasteiger partial charge in [0.2, 0.25) is 11.8 Å². The smallest absolute Gasteiger partial charge is 0.237 e. The first-order chi connectivity index (χ1) is 12.2. The van der Waals surface area contributed by atoms with Gasteiger partial charge in [-0.3, -0.25) is 14.5 Å². The van der Waals surface area contributed by atoms with Gasteiger partial charge >= 0.3 is 0 Å². The van der Waals surface area contributed by atoms with Gasteiger partial charge in [-0.1, -0.05) is 29.8 Å². The number of nitrogens with one attached hydrogen (secondary N) is 1. The van der Waals surface area contributed by atoms with E-state index in [2.05, 4.69) is 34.5 Å². The Bertz CT molecular complexity index is 622. The van der Waals surface area contributed by atoms with Crippen molar-refractivity contribution in [2.45, 2.75) is 51.8 Å². The van der Waals surface area contributed by atoms with Crippen LogP contribution < -0.4 is 5.32 Å². The van der Waals surface area contributed by atoms with E-state index in [1.165, 1.54) is 5.56 Å². The van der Waals surface area contributed by atoms with Crippen molar-refractivity contribution in [1.29, 1.82) is 0 Å². The maximum absolute atomic E-state index is 12.6. The lowest BCUT2D eigenvalue weighted by molar-refractivity contribution is -0.138. The Kier molecular flexibility index (Phi) is 6.78. The van der Waals surface area contributed by atoms with Crippen molar-refractivity contribution in [2.24, 2.45) is 0 Å². The van der Waals surface area contributed by atoms with Crippen LogP contribution in [-0.4, -0.2) is 65.0 Å². The maximum atomic E-state index is 12.6. The Morgan fingerprint density at radius 1 is 1.35 bits per heavy atom. The molecular formula is C20H31N3O3. The van der Waals surface area contributed by atoms with Crippen LogP contribution in [0.4, 0.5) is 0 Å². The Labute approximate surface area is 156 Å². The average Bonchev–Trinajstić information content (AvgIpc) is 2.57. The largest absolute Gasteiger partial charge is 0.390 e. The van der Waals surface area contributed by atoms with E-state index in [0.717, 1.165) is 12.1 Å². The molecule has 0 aromatic heterocycles. The number of rotatable bonds is 7. The molecule has 144 valence electrons. The standard InChI is InChI=1S/C20H31N3O3/c1-15-5-7-16(8-6-15)14-23-12-10-21-19(25)17(23)13-18(24)22(4)11-9-20(2,3)26/h5-8,17,26H,9-14H2,1-4H3,(H,21,25). The monoisotopic (exact) mass is 361 g/mol. The second-order valence-corrected chi connectivity index (χ2v) is 7.84. The third kappa shape index (κ3) is 6.11. The first kappa shape index (κ1) is 20.4. The van der Waals surface area contributed by atoms with E-state index in [0.29, 0.717) is 26.1 Å². The fraction of sp³-hybridized carbons (Fsp3) is 0.600. The molecule has 2 rings (SSSR count). The lowest BCUT2D eigenvalue weighted by atomic mass is 10.0. The number of hydrogen-bond donors (Lipinski definition) is 2. The van der Waals surface area contributed by atoms with Crippen molar-refractivity contribution in [3.63, 3.8) is 0 Å². The van der Waals surface area contributed by atoms with Gasteiger partial charge in [0.25, 0.3) is 0 Å². The van der Waals surface area contributed by atoms with Gasteiger partial charge in [0.15, 0.2) is 0 Å². The number of carbonyl (C=O) groups excluding carboxylic acids is 2. The number of benzene rings is 1. The predicted molar refractivity (Wildman–Crippen MR) is 102 cm³/mol. The second kappa shape index (κ2) is 8.64. The lowest BCUT2D eigenvalue weighted by Crippen LogP contribution is -2.56. The van der Waals surface area contributed by atoms with Gasteiger partial charge in [-0.15, -0.1) is 0 Å². The molecular weight excluding hydrogens is 330 g/mol. The molecule has 6 heteroatoms. The number of piperazine rings is 1. The molecule has 0 bridgehead atoms. The summed E-state index contributed by atoms with van der Waals surface area (Å²) >= 11 is 0. The van der Waals surface area contributed by atoms with Crippen molar-refractivity contribution in [1.82, 2.24) is 15.1 Å². The predicted octanol–water partition coefficient (Wildman–Crippen LogP) is 1.30. The summed E-state index contributed by atoms with van der Waals surface area (Å²) in [7, 11) is 1.72. The molecule has 26 heavy (non-hydrogen) atoms.